The maximum Gasteiger partial charge on any atom is 0.203 e. The van der Waals surface area contributed by atoms with Gasteiger partial charge in [-0.1, -0.05) is 6.07 Å². The number of ether oxygens (including phenoxy) is 3. The minimum absolute atomic E-state index is 0. The third kappa shape index (κ3) is 5.04. The molecule has 0 bridgehead atoms. The van der Waals surface area contributed by atoms with Crippen molar-refractivity contribution in [2.75, 3.05) is 27.9 Å². The summed E-state index contributed by atoms with van der Waals surface area (Å²) in [6.45, 7) is 2.58. The average molecular weight is 342 g/mol. The molecule has 0 aliphatic rings. The number of hydrogen-bond acceptors (Lipinski definition) is 5. The summed E-state index contributed by atoms with van der Waals surface area (Å²) in [4.78, 5) is 4.03. The van der Waals surface area contributed by atoms with Gasteiger partial charge in [0.05, 0.1) is 27.7 Å². The van der Waals surface area contributed by atoms with Gasteiger partial charge in [-0.3, -0.25) is 0 Å². The van der Waals surface area contributed by atoms with Crippen LogP contribution >= 0.6 is 12.4 Å². The Bertz CT molecular complexity index is 576. The molecule has 0 aliphatic heterocycles. The molecule has 0 saturated carbocycles. The van der Waals surface area contributed by atoms with Crippen LogP contribution in [0.1, 0.15) is 12.0 Å². The first-order valence-electron chi connectivity index (χ1n) is 7.24. The summed E-state index contributed by atoms with van der Waals surface area (Å²) < 4.78 is 18.2. The predicted molar refractivity (Wildman–Crippen MR) is 91.9 cm³/mol. The summed E-state index contributed by atoms with van der Waals surface area (Å²) >= 11 is 0. The number of aryl methyl sites for hydroxylation is 1. The minimum atomic E-state index is 0. The Balaban J connectivity index is 0.00000264. The van der Waals surface area contributed by atoms with E-state index in [0.717, 1.165) is 25.1 Å². The van der Waals surface area contributed by atoms with E-state index >= 15 is 0 Å². The van der Waals surface area contributed by atoms with Crippen molar-refractivity contribution in [2.24, 2.45) is 0 Å². The van der Waals surface area contributed by atoms with Crippen LogP contribution in [0.15, 0.2) is 30.9 Å². The maximum atomic E-state index is 5.47. The Kier molecular flexibility index (Phi) is 8.29. The van der Waals surface area contributed by atoms with Gasteiger partial charge in [0, 0.05) is 31.0 Å². The normalized spacial score (nSPS) is 10.0. The molecular weight excluding hydrogens is 318 g/mol. The van der Waals surface area contributed by atoms with Crippen LogP contribution in [-0.4, -0.2) is 37.4 Å². The summed E-state index contributed by atoms with van der Waals surface area (Å²) in [5.41, 5.74) is 1.04. The quantitative estimate of drug-likeness (QED) is 0.710. The molecule has 0 saturated heterocycles. The van der Waals surface area contributed by atoms with E-state index in [1.807, 2.05) is 24.7 Å². The highest BCUT2D eigenvalue weighted by Gasteiger charge is 2.15. The SMILES string of the molecule is COc1ccc(CNCCCn2ccnc2)c(OC)c1OC.Cl. The van der Waals surface area contributed by atoms with Crippen molar-refractivity contribution in [3.63, 3.8) is 0 Å². The Morgan fingerprint density at radius 1 is 1.09 bits per heavy atom. The molecule has 6 nitrogen and oxygen atoms in total. The van der Waals surface area contributed by atoms with E-state index in [0.29, 0.717) is 23.8 Å². The van der Waals surface area contributed by atoms with Gasteiger partial charge in [0.25, 0.3) is 0 Å². The topological polar surface area (TPSA) is 57.5 Å². The number of rotatable bonds is 9. The molecule has 128 valence electrons. The lowest BCUT2D eigenvalue weighted by atomic mass is 10.1. The van der Waals surface area contributed by atoms with Crippen molar-refractivity contribution < 1.29 is 14.2 Å². The van der Waals surface area contributed by atoms with Crippen molar-refractivity contribution >= 4 is 12.4 Å². The highest BCUT2D eigenvalue weighted by Crippen LogP contribution is 2.39. The van der Waals surface area contributed by atoms with Gasteiger partial charge in [0.15, 0.2) is 11.5 Å². The van der Waals surface area contributed by atoms with E-state index in [-0.39, 0.29) is 12.4 Å². The average Bonchev–Trinajstić information content (AvgIpc) is 3.06. The van der Waals surface area contributed by atoms with E-state index in [9.17, 15) is 0 Å². The maximum absolute atomic E-state index is 5.47. The number of methoxy groups -OCH3 is 3. The fourth-order valence-electron chi connectivity index (χ4n) is 2.33. The zero-order valence-electron chi connectivity index (χ0n) is 13.7. The first kappa shape index (κ1) is 19.1. The van der Waals surface area contributed by atoms with Crippen LogP contribution in [0.2, 0.25) is 0 Å². The zero-order chi connectivity index (χ0) is 15.8. The third-order valence-electron chi connectivity index (χ3n) is 3.43. The van der Waals surface area contributed by atoms with Gasteiger partial charge in [-0.05, 0) is 19.0 Å². The van der Waals surface area contributed by atoms with E-state index in [1.54, 1.807) is 27.5 Å². The second-order valence-electron chi connectivity index (χ2n) is 4.82. The molecule has 1 N–H and O–H groups in total. The standard InChI is InChI=1S/C16H23N3O3.ClH/c1-20-14-6-5-13(15(21-2)16(14)22-3)11-17-7-4-9-19-10-8-18-12-19;/h5-6,8,10,12,17H,4,7,9,11H2,1-3H3;1H. The van der Waals surface area contributed by atoms with Crippen molar-refractivity contribution in [1.82, 2.24) is 14.9 Å². The number of aromatic nitrogens is 2. The Labute approximate surface area is 143 Å². The molecule has 2 rings (SSSR count). The van der Waals surface area contributed by atoms with E-state index < -0.39 is 0 Å². The van der Waals surface area contributed by atoms with Crippen LogP contribution in [0, 0.1) is 0 Å². The molecule has 0 atom stereocenters. The van der Waals surface area contributed by atoms with E-state index in [2.05, 4.69) is 14.9 Å². The van der Waals surface area contributed by atoms with Crippen molar-refractivity contribution in [2.45, 2.75) is 19.5 Å². The molecule has 1 heterocycles. The molecule has 1 aromatic carbocycles. The molecule has 1 aromatic heterocycles. The number of nitrogens with zero attached hydrogens (tertiary/aromatic N) is 2. The summed E-state index contributed by atoms with van der Waals surface area (Å²) in [7, 11) is 4.87. The summed E-state index contributed by atoms with van der Waals surface area (Å²) in [5.74, 6) is 2.01. The molecule has 0 fully saturated rings. The Morgan fingerprint density at radius 2 is 1.87 bits per heavy atom. The van der Waals surface area contributed by atoms with Gasteiger partial charge in [-0.2, -0.15) is 0 Å². The number of nitrogens with one attached hydrogen (secondary N) is 1. The smallest absolute Gasteiger partial charge is 0.203 e. The fourth-order valence-corrected chi connectivity index (χ4v) is 2.33. The number of benzene rings is 1. The van der Waals surface area contributed by atoms with Crippen LogP contribution in [0.5, 0.6) is 17.2 Å². The fraction of sp³-hybridized carbons (Fsp3) is 0.438. The second kappa shape index (κ2) is 9.97. The number of hydrogen-bond donors (Lipinski definition) is 1. The lowest BCUT2D eigenvalue weighted by Gasteiger charge is -2.16. The van der Waals surface area contributed by atoms with E-state index in [1.165, 1.54) is 0 Å². The first-order chi connectivity index (χ1) is 10.8. The van der Waals surface area contributed by atoms with Crippen molar-refractivity contribution in [3.8, 4) is 17.2 Å². The zero-order valence-corrected chi connectivity index (χ0v) is 14.6. The molecule has 2 aromatic rings. The second-order valence-corrected chi connectivity index (χ2v) is 4.82. The predicted octanol–water partition coefficient (Wildman–Crippen LogP) is 2.51. The molecule has 23 heavy (non-hydrogen) atoms. The van der Waals surface area contributed by atoms with E-state index in [4.69, 9.17) is 14.2 Å². The monoisotopic (exact) mass is 341 g/mol. The summed E-state index contributed by atoms with van der Waals surface area (Å²) in [5, 5.41) is 3.42. The van der Waals surface area contributed by atoms with Gasteiger partial charge in [-0.15, -0.1) is 12.4 Å². The summed E-state index contributed by atoms with van der Waals surface area (Å²) in [6, 6.07) is 3.88. The lowest BCUT2D eigenvalue weighted by Crippen LogP contribution is -2.17. The highest BCUT2D eigenvalue weighted by molar-refractivity contribution is 5.85. The van der Waals surface area contributed by atoms with Crippen LogP contribution in [0.4, 0.5) is 0 Å². The van der Waals surface area contributed by atoms with Crippen LogP contribution < -0.4 is 19.5 Å². The van der Waals surface area contributed by atoms with Gasteiger partial charge in [0.2, 0.25) is 5.75 Å². The van der Waals surface area contributed by atoms with Gasteiger partial charge < -0.3 is 24.1 Å². The molecule has 0 radical (unpaired) electrons. The Hall–Kier alpha value is -1.92. The largest absolute Gasteiger partial charge is 0.493 e. The molecule has 0 spiro atoms. The van der Waals surface area contributed by atoms with Crippen molar-refractivity contribution in [3.05, 3.63) is 36.4 Å². The third-order valence-corrected chi connectivity index (χ3v) is 3.43. The molecule has 0 unspecified atom stereocenters. The minimum Gasteiger partial charge on any atom is -0.493 e. The van der Waals surface area contributed by atoms with Crippen LogP contribution in [0.25, 0.3) is 0 Å². The number of halogens is 1. The number of imidazole rings is 1. The van der Waals surface area contributed by atoms with Gasteiger partial charge in [0.1, 0.15) is 0 Å². The van der Waals surface area contributed by atoms with Crippen LogP contribution in [0.3, 0.4) is 0 Å². The molecule has 0 amide bonds. The summed E-state index contributed by atoms with van der Waals surface area (Å²) in [6.07, 6.45) is 6.63. The molecule has 0 aliphatic carbocycles. The highest BCUT2D eigenvalue weighted by atomic mass is 35.5. The Morgan fingerprint density at radius 3 is 2.48 bits per heavy atom. The van der Waals surface area contributed by atoms with Gasteiger partial charge >= 0.3 is 0 Å². The first-order valence-corrected chi connectivity index (χ1v) is 7.24. The van der Waals surface area contributed by atoms with Crippen LogP contribution in [-0.2, 0) is 13.1 Å². The lowest BCUT2D eigenvalue weighted by molar-refractivity contribution is 0.321. The van der Waals surface area contributed by atoms with Crippen molar-refractivity contribution in [1.29, 1.82) is 0 Å². The molecular formula is C16H24ClN3O3. The van der Waals surface area contributed by atoms with Gasteiger partial charge in [-0.25, -0.2) is 4.98 Å². The molecule has 7 heteroatoms.